The van der Waals surface area contributed by atoms with Crippen molar-refractivity contribution in [3.8, 4) is 11.5 Å². The Bertz CT molecular complexity index is 1590. The molecule has 5 rings (SSSR count). The lowest BCUT2D eigenvalue weighted by atomic mass is 10.0. The van der Waals surface area contributed by atoms with Crippen LogP contribution in [-0.2, 0) is 16.2 Å². The van der Waals surface area contributed by atoms with Gasteiger partial charge in [0.2, 0.25) is 0 Å². The second-order valence-corrected chi connectivity index (χ2v) is 8.94. The summed E-state index contributed by atoms with van der Waals surface area (Å²) in [7, 11) is 0. The molecule has 0 bridgehead atoms. The first kappa shape index (κ1) is 24.1. The molecule has 4 amide bonds. The third-order valence-electron chi connectivity index (χ3n) is 6.12. The van der Waals surface area contributed by atoms with Gasteiger partial charge in [0, 0.05) is 5.56 Å². The number of hydrogen-bond donors (Lipinski definition) is 2. The fourth-order valence-electron chi connectivity index (χ4n) is 4.17. The van der Waals surface area contributed by atoms with Crippen molar-refractivity contribution in [3.05, 3.63) is 106 Å². The van der Waals surface area contributed by atoms with Crippen LogP contribution in [0.15, 0.2) is 84.4 Å². The lowest BCUT2D eigenvalue weighted by Gasteiger charge is -2.26. The number of ether oxygens (including phenoxy) is 1. The highest BCUT2D eigenvalue weighted by Crippen LogP contribution is 2.30. The number of benzene rings is 4. The zero-order chi connectivity index (χ0) is 26.1. The number of carbonyl (C=O) groups excluding carboxylic acids is 3. The van der Waals surface area contributed by atoms with Crippen LogP contribution in [0.3, 0.4) is 0 Å². The molecule has 0 atom stereocenters. The fourth-order valence-corrected chi connectivity index (χ4v) is 4.41. The van der Waals surface area contributed by atoms with Gasteiger partial charge in [0.1, 0.15) is 23.7 Å². The molecule has 0 spiro atoms. The largest absolute Gasteiger partial charge is 0.508 e. The van der Waals surface area contributed by atoms with Gasteiger partial charge in [-0.2, -0.15) is 0 Å². The van der Waals surface area contributed by atoms with Crippen molar-refractivity contribution in [1.29, 1.82) is 0 Å². The molecule has 0 radical (unpaired) electrons. The molecule has 7 nitrogen and oxygen atoms in total. The van der Waals surface area contributed by atoms with Gasteiger partial charge in [-0.3, -0.25) is 14.9 Å². The summed E-state index contributed by atoms with van der Waals surface area (Å²) in [6.45, 7) is 2.35. The van der Waals surface area contributed by atoms with Gasteiger partial charge in [-0.25, -0.2) is 9.69 Å². The van der Waals surface area contributed by atoms with Crippen LogP contribution in [0.25, 0.3) is 16.8 Å². The first-order chi connectivity index (χ1) is 17.8. The lowest BCUT2D eigenvalue weighted by molar-refractivity contribution is -0.122. The minimum absolute atomic E-state index is 0.0204. The van der Waals surface area contributed by atoms with Gasteiger partial charge in [-0.05, 0) is 71.3 Å². The number of anilines is 1. The minimum atomic E-state index is -0.872. The van der Waals surface area contributed by atoms with E-state index in [4.69, 9.17) is 16.3 Å². The Balaban J connectivity index is 1.39. The summed E-state index contributed by atoms with van der Waals surface area (Å²) < 4.78 is 6.03. The number of aromatic hydroxyl groups is 1. The summed E-state index contributed by atoms with van der Waals surface area (Å²) in [5.41, 5.74) is 2.62. The highest BCUT2D eigenvalue weighted by Gasteiger charge is 2.36. The Hall–Kier alpha value is -4.62. The molecule has 37 heavy (non-hydrogen) atoms. The second kappa shape index (κ2) is 9.79. The quantitative estimate of drug-likeness (QED) is 0.262. The molecule has 184 valence electrons. The molecule has 1 aliphatic rings. The number of phenols is 1. The molecular formula is C29H21ClN2O5. The van der Waals surface area contributed by atoms with Crippen LogP contribution in [0.2, 0.25) is 5.02 Å². The molecule has 2 N–H and O–H groups in total. The van der Waals surface area contributed by atoms with E-state index in [1.54, 1.807) is 18.2 Å². The molecule has 1 aliphatic heterocycles. The van der Waals surface area contributed by atoms with Crippen LogP contribution >= 0.6 is 11.6 Å². The molecule has 0 saturated carbocycles. The maximum absolute atomic E-state index is 13.0. The van der Waals surface area contributed by atoms with Crippen LogP contribution in [-0.4, -0.2) is 23.0 Å². The Morgan fingerprint density at radius 1 is 0.973 bits per heavy atom. The van der Waals surface area contributed by atoms with E-state index < -0.39 is 17.8 Å². The number of phenolic OH excluding ortho intramolecular Hbond substituents is 1. The maximum Gasteiger partial charge on any atom is 0.335 e. The van der Waals surface area contributed by atoms with E-state index in [1.807, 2.05) is 25.1 Å². The van der Waals surface area contributed by atoms with Crippen molar-refractivity contribution >= 4 is 52.0 Å². The molecule has 4 aromatic carbocycles. The molecule has 0 aromatic heterocycles. The maximum atomic E-state index is 13.0. The number of aryl methyl sites for hydroxylation is 1. The summed E-state index contributed by atoms with van der Waals surface area (Å²) >= 11 is 6.48. The summed E-state index contributed by atoms with van der Waals surface area (Å²) in [4.78, 5) is 38.7. The SMILES string of the molecule is Cc1ccc2ccccc2c1COc1ccc(/C=C2\C(=O)NC(=O)N(c3ccc(O)cc3)C2=O)cc1Cl. The highest BCUT2D eigenvalue weighted by atomic mass is 35.5. The zero-order valence-electron chi connectivity index (χ0n) is 19.7. The monoisotopic (exact) mass is 512 g/mol. The second-order valence-electron chi connectivity index (χ2n) is 8.53. The third kappa shape index (κ3) is 4.77. The molecule has 0 aliphatic carbocycles. The number of barbiturate groups is 1. The molecule has 1 saturated heterocycles. The fraction of sp³-hybridized carbons (Fsp3) is 0.0690. The van der Waals surface area contributed by atoms with E-state index in [9.17, 15) is 19.5 Å². The van der Waals surface area contributed by atoms with Crippen molar-refractivity contribution in [2.45, 2.75) is 13.5 Å². The first-order valence-corrected chi connectivity index (χ1v) is 11.8. The van der Waals surface area contributed by atoms with Gasteiger partial charge in [-0.1, -0.05) is 54.1 Å². The number of imide groups is 2. The number of hydrogen-bond acceptors (Lipinski definition) is 5. The van der Waals surface area contributed by atoms with Crippen molar-refractivity contribution < 1.29 is 24.2 Å². The van der Waals surface area contributed by atoms with Gasteiger partial charge < -0.3 is 9.84 Å². The van der Waals surface area contributed by atoms with Gasteiger partial charge in [0.25, 0.3) is 11.8 Å². The van der Waals surface area contributed by atoms with Crippen molar-refractivity contribution in [2.75, 3.05) is 4.90 Å². The normalized spacial score (nSPS) is 14.8. The number of nitrogens with zero attached hydrogens (tertiary/aromatic N) is 1. The molecule has 1 fully saturated rings. The topological polar surface area (TPSA) is 95.9 Å². The number of nitrogens with one attached hydrogen (secondary N) is 1. The summed E-state index contributed by atoms with van der Waals surface area (Å²) in [5, 5.41) is 14.2. The lowest BCUT2D eigenvalue weighted by Crippen LogP contribution is -2.54. The highest BCUT2D eigenvalue weighted by molar-refractivity contribution is 6.39. The molecule has 0 unspecified atom stereocenters. The van der Waals surface area contributed by atoms with Crippen LogP contribution in [0.1, 0.15) is 16.7 Å². The minimum Gasteiger partial charge on any atom is -0.508 e. The average molecular weight is 513 g/mol. The number of amides is 4. The zero-order valence-corrected chi connectivity index (χ0v) is 20.5. The summed E-state index contributed by atoms with van der Waals surface area (Å²) in [6, 6.07) is 21.7. The van der Waals surface area contributed by atoms with Gasteiger partial charge in [0.05, 0.1) is 10.7 Å². The number of rotatable bonds is 5. The van der Waals surface area contributed by atoms with E-state index in [2.05, 4.69) is 23.5 Å². The van der Waals surface area contributed by atoms with Crippen LogP contribution < -0.4 is 15.0 Å². The number of halogens is 1. The smallest absolute Gasteiger partial charge is 0.335 e. The Morgan fingerprint density at radius 2 is 1.73 bits per heavy atom. The van der Waals surface area contributed by atoms with Crippen molar-refractivity contribution in [3.63, 3.8) is 0 Å². The van der Waals surface area contributed by atoms with E-state index in [0.29, 0.717) is 22.9 Å². The Kier molecular flexibility index (Phi) is 6.38. The molecular weight excluding hydrogens is 492 g/mol. The van der Waals surface area contributed by atoms with E-state index in [0.717, 1.165) is 26.8 Å². The van der Waals surface area contributed by atoms with Crippen molar-refractivity contribution in [2.24, 2.45) is 0 Å². The molecule has 4 aromatic rings. The Labute approximate surface area is 217 Å². The number of urea groups is 1. The number of carbonyl (C=O) groups is 3. The third-order valence-corrected chi connectivity index (χ3v) is 6.42. The number of fused-ring (bicyclic) bond motifs is 1. The van der Waals surface area contributed by atoms with Gasteiger partial charge in [-0.15, -0.1) is 0 Å². The van der Waals surface area contributed by atoms with Crippen molar-refractivity contribution in [1.82, 2.24) is 5.32 Å². The van der Waals surface area contributed by atoms with E-state index >= 15 is 0 Å². The first-order valence-electron chi connectivity index (χ1n) is 11.4. The summed E-state index contributed by atoms with van der Waals surface area (Å²) in [5.74, 6) is -1.17. The predicted octanol–water partition coefficient (Wildman–Crippen LogP) is 5.75. The standard InChI is InChI=1S/C29H21ClN2O5/c1-17-6-8-19-4-2-3-5-22(19)24(17)16-37-26-13-7-18(15-25(26)30)14-23-27(34)31-29(36)32(28(23)35)20-9-11-21(33)12-10-20/h2-15,33H,16H2,1H3,(H,31,34,36)/b23-14+. The average Bonchev–Trinajstić information content (AvgIpc) is 2.88. The van der Waals surface area contributed by atoms with E-state index in [1.165, 1.54) is 30.3 Å². The van der Waals surface area contributed by atoms with E-state index in [-0.39, 0.29) is 17.0 Å². The summed E-state index contributed by atoms with van der Waals surface area (Å²) in [6.07, 6.45) is 1.36. The van der Waals surface area contributed by atoms with Gasteiger partial charge in [0.15, 0.2) is 0 Å². The predicted molar refractivity (Wildman–Crippen MR) is 142 cm³/mol. The molecule has 1 heterocycles. The van der Waals surface area contributed by atoms with Crippen LogP contribution in [0.5, 0.6) is 11.5 Å². The van der Waals surface area contributed by atoms with Gasteiger partial charge >= 0.3 is 6.03 Å². The molecule has 8 heteroatoms. The van der Waals surface area contributed by atoms with Crippen LogP contribution in [0, 0.1) is 6.92 Å². The van der Waals surface area contributed by atoms with Crippen LogP contribution in [0.4, 0.5) is 10.5 Å². The Morgan fingerprint density at radius 3 is 2.49 bits per heavy atom.